The Morgan fingerprint density at radius 2 is 1.54 bits per heavy atom. The van der Waals surface area contributed by atoms with Gasteiger partial charge < -0.3 is 14.5 Å². The molecule has 7 nitrogen and oxygen atoms in total. The van der Waals surface area contributed by atoms with Gasteiger partial charge >= 0.3 is 0 Å². The van der Waals surface area contributed by atoms with Gasteiger partial charge in [-0.1, -0.05) is 41.4 Å². The molecular weight excluding hydrogens is 466 g/mol. The summed E-state index contributed by atoms with van der Waals surface area (Å²) in [6.45, 7) is 4.40. The van der Waals surface area contributed by atoms with E-state index in [0.717, 1.165) is 31.5 Å². The number of hydrogen-bond acceptors (Lipinski definition) is 4. The maximum atomic E-state index is 13.8. The highest BCUT2D eigenvalue weighted by molar-refractivity contribution is 6.33. The first-order chi connectivity index (χ1) is 16.9. The van der Waals surface area contributed by atoms with Gasteiger partial charge in [0.05, 0.1) is 17.2 Å². The first-order valence-electron chi connectivity index (χ1n) is 12.3. The van der Waals surface area contributed by atoms with Gasteiger partial charge in [-0.3, -0.25) is 19.3 Å². The molecule has 3 aliphatic heterocycles. The lowest BCUT2D eigenvalue weighted by Crippen LogP contribution is -2.60. The van der Waals surface area contributed by atoms with Crippen LogP contribution < -0.4 is 0 Å². The van der Waals surface area contributed by atoms with Gasteiger partial charge in [-0.15, -0.1) is 0 Å². The van der Waals surface area contributed by atoms with Crippen molar-refractivity contribution >= 4 is 29.3 Å². The summed E-state index contributed by atoms with van der Waals surface area (Å²) < 4.78 is 6.30. The van der Waals surface area contributed by atoms with Crippen molar-refractivity contribution in [2.75, 3.05) is 32.8 Å². The van der Waals surface area contributed by atoms with E-state index in [1.807, 2.05) is 24.0 Å². The largest absolute Gasteiger partial charge is 0.353 e. The van der Waals surface area contributed by atoms with Crippen molar-refractivity contribution in [3.63, 3.8) is 0 Å². The number of nitrogens with zero attached hydrogens (tertiary/aromatic N) is 3. The molecule has 3 amide bonds. The molecule has 5 rings (SSSR count). The van der Waals surface area contributed by atoms with Crippen LogP contribution in [0.15, 0.2) is 48.5 Å². The fourth-order valence-corrected chi connectivity index (χ4v) is 5.62. The minimum absolute atomic E-state index is 0.0468. The molecule has 0 aromatic heterocycles. The van der Waals surface area contributed by atoms with E-state index in [9.17, 15) is 14.4 Å². The number of benzene rings is 2. The minimum Gasteiger partial charge on any atom is -0.353 e. The molecule has 0 aliphatic carbocycles. The lowest BCUT2D eigenvalue weighted by molar-refractivity contribution is -0.136. The second-order valence-corrected chi connectivity index (χ2v) is 10.0. The van der Waals surface area contributed by atoms with Gasteiger partial charge in [-0.2, -0.15) is 0 Å². The van der Waals surface area contributed by atoms with Crippen LogP contribution in [0, 0.1) is 6.92 Å². The Labute approximate surface area is 210 Å². The van der Waals surface area contributed by atoms with E-state index in [2.05, 4.69) is 0 Å². The van der Waals surface area contributed by atoms with Gasteiger partial charge in [-0.05, 0) is 44.0 Å². The molecule has 0 radical (unpaired) electrons. The normalized spacial score (nSPS) is 21.5. The zero-order chi connectivity index (χ0) is 24.6. The highest BCUT2D eigenvalue weighted by atomic mass is 35.5. The lowest BCUT2D eigenvalue weighted by Gasteiger charge is -2.44. The Balaban J connectivity index is 1.40. The summed E-state index contributed by atoms with van der Waals surface area (Å²) in [6.07, 6.45) is 2.83. The van der Waals surface area contributed by atoms with Crippen LogP contribution in [0.3, 0.4) is 0 Å². The number of hydrogen-bond donors (Lipinski definition) is 0. The molecule has 0 saturated carbocycles. The first-order valence-corrected chi connectivity index (χ1v) is 12.6. The smallest absolute Gasteiger partial charge is 0.256 e. The number of aryl methyl sites for hydroxylation is 1. The van der Waals surface area contributed by atoms with Crippen molar-refractivity contribution in [3.05, 3.63) is 70.2 Å². The van der Waals surface area contributed by atoms with Crippen LogP contribution in [-0.2, 0) is 9.53 Å². The molecule has 184 valence electrons. The van der Waals surface area contributed by atoms with Crippen molar-refractivity contribution in [2.45, 2.75) is 44.4 Å². The van der Waals surface area contributed by atoms with Crippen molar-refractivity contribution in [1.82, 2.24) is 14.7 Å². The summed E-state index contributed by atoms with van der Waals surface area (Å²) in [4.78, 5) is 45.6. The molecule has 1 unspecified atom stereocenters. The standard InChI is InChI=1S/C27H30ClN3O4/c1-19-8-10-20(11-9-19)24(32)31-23(26(34)29-14-4-5-15-29)18-35-27(31)12-16-30(17-13-27)25(33)21-6-2-3-7-22(21)28/h2-3,6-11,23H,4-5,12-18H2,1H3. The molecule has 0 N–H and O–H groups in total. The summed E-state index contributed by atoms with van der Waals surface area (Å²) in [5.41, 5.74) is 1.14. The van der Waals surface area contributed by atoms with E-state index >= 15 is 0 Å². The molecular formula is C27H30ClN3O4. The molecule has 8 heteroatoms. The quantitative estimate of drug-likeness (QED) is 0.650. The van der Waals surface area contributed by atoms with Gasteiger partial charge in [0.25, 0.3) is 11.8 Å². The summed E-state index contributed by atoms with van der Waals surface area (Å²) in [5, 5.41) is 0.419. The van der Waals surface area contributed by atoms with E-state index in [0.29, 0.717) is 42.1 Å². The van der Waals surface area contributed by atoms with E-state index < -0.39 is 11.8 Å². The van der Waals surface area contributed by atoms with Gasteiger partial charge in [0.15, 0.2) is 0 Å². The van der Waals surface area contributed by atoms with Crippen LogP contribution >= 0.6 is 11.6 Å². The predicted octanol–water partition coefficient (Wildman–Crippen LogP) is 3.74. The number of amides is 3. The summed E-state index contributed by atoms with van der Waals surface area (Å²) in [6, 6.07) is 13.8. The van der Waals surface area contributed by atoms with Crippen LogP contribution in [0.4, 0.5) is 0 Å². The molecule has 3 saturated heterocycles. The van der Waals surface area contributed by atoms with Crippen LogP contribution in [0.2, 0.25) is 5.02 Å². The van der Waals surface area contributed by atoms with Crippen molar-refractivity contribution in [3.8, 4) is 0 Å². The number of likely N-dealkylation sites (tertiary alicyclic amines) is 2. The van der Waals surface area contributed by atoms with Crippen LogP contribution in [0.5, 0.6) is 0 Å². The van der Waals surface area contributed by atoms with Gasteiger partial charge in [-0.25, -0.2) is 0 Å². The average molecular weight is 496 g/mol. The summed E-state index contributed by atoms with van der Waals surface area (Å²) in [7, 11) is 0. The Morgan fingerprint density at radius 1 is 0.886 bits per heavy atom. The molecule has 0 bridgehead atoms. The van der Waals surface area contributed by atoms with Crippen molar-refractivity contribution in [1.29, 1.82) is 0 Å². The number of rotatable bonds is 3. The predicted molar refractivity (Wildman–Crippen MR) is 132 cm³/mol. The molecule has 35 heavy (non-hydrogen) atoms. The lowest BCUT2D eigenvalue weighted by atomic mass is 9.95. The number of halogens is 1. The minimum atomic E-state index is -0.917. The SMILES string of the molecule is Cc1ccc(C(=O)N2C(C(=O)N3CCCC3)COC23CCN(C(=O)c2ccccc2Cl)CC3)cc1. The number of piperidine rings is 1. The van der Waals surface area contributed by atoms with E-state index in [1.165, 1.54) is 0 Å². The monoisotopic (exact) mass is 495 g/mol. The van der Waals surface area contributed by atoms with E-state index in [-0.39, 0.29) is 24.3 Å². The second kappa shape index (κ2) is 9.63. The molecule has 1 spiro atoms. The van der Waals surface area contributed by atoms with E-state index in [1.54, 1.807) is 46.2 Å². The van der Waals surface area contributed by atoms with Crippen LogP contribution in [0.1, 0.15) is 52.0 Å². The van der Waals surface area contributed by atoms with Gasteiger partial charge in [0.2, 0.25) is 5.91 Å². The molecule has 3 fully saturated rings. The number of ether oxygens (including phenoxy) is 1. The third-order valence-electron chi connectivity index (χ3n) is 7.42. The fourth-order valence-electron chi connectivity index (χ4n) is 5.40. The number of carbonyl (C=O) groups excluding carboxylic acids is 3. The second-order valence-electron chi connectivity index (χ2n) is 9.62. The zero-order valence-corrected chi connectivity index (χ0v) is 20.7. The van der Waals surface area contributed by atoms with Crippen molar-refractivity contribution < 1.29 is 19.1 Å². The highest BCUT2D eigenvalue weighted by Gasteiger charge is 2.55. The average Bonchev–Trinajstić information content (AvgIpc) is 3.53. The van der Waals surface area contributed by atoms with Crippen LogP contribution in [0.25, 0.3) is 0 Å². The molecule has 2 aromatic carbocycles. The van der Waals surface area contributed by atoms with Gasteiger partial charge in [0, 0.05) is 44.6 Å². The Bertz CT molecular complexity index is 1120. The Morgan fingerprint density at radius 3 is 2.20 bits per heavy atom. The third kappa shape index (κ3) is 4.43. The Hall–Kier alpha value is -2.90. The van der Waals surface area contributed by atoms with Crippen molar-refractivity contribution in [2.24, 2.45) is 0 Å². The maximum Gasteiger partial charge on any atom is 0.256 e. The highest BCUT2D eigenvalue weighted by Crippen LogP contribution is 2.39. The number of carbonyl (C=O) groups is 3. The van der Waals surface area contributed by atoms with Gasteiger partial charge in [0.1, 0.15) is 11.8 Å². The molecule has 3 aliphatic rings. The summed E-state index contributed by atoms with van der Waals surface area (Å²) >= 11 is 6.25. The zero-order valence-electron chi connectivity index (χ0n) is 19.9. The maximum absolute atomic E-state index is 13.8. The topological polar surface area (TPSA) is 70.2 Å². The molecule has 3 heterocycles. The fraction of sp³-hybridized carbons (Fsp3) is 0.444. The molecule has 2 aromatic rings. The first kappa shape index (κ1) is 23.8. The van der Waals surface area contributed by atoms with E-state index in [4.69, 9.17) is 16.3 Å². The Kier molecular flexibility index (Phi) is 6.55. The molecule has 1 atom stereocenters. The third-order valence-corrected chi connectivity index (χ3v) is 7.75. The summed E-state index contributed by atoms with van der Waals surface area (Å²) in [5.74, 6) is -0.384. The van der Waals surface area contributed by atoms with Crippen LogP contribution in [-0.4, -0.2) is 77.0 Å².